The van der Waals surface area contributed by atoms with Gasteiger partial charge >= 0.3 is 0 Å². The molecule has 3 N–H and O–H groups in total. The number of nitrogens with zero attached hydrogens (tertiary/aromatic N) is 7. The molecule has 0 amide bonds. The number of imidazole rings is 1. The molecule has 0 aliphatic carbocycles. The third kappa shape index (κ3) is 3.56. The van der Waals surface area contributed by atoms with Gasteiger partial charge in [-0.1, -0.05) is 0 Å². The lowest BCUT2D eigenvalue weighted by Crippen LogP contribution is -2.14. The number of anilines is 2. The standard InChI is InChI=1S/C16H14F3N9/c17-12(18)13(19)28-4-3-10(26-28)5-22-16-24-14(23-15(20)25-16)9-1-2-11-6-21-8-27(11)7-9/h1-4,6-8,12-13H,5H2,(H3,20,22,23,24,25). The summed E-state index contributed by atoms with van der Waals surface area (Å²) in [5, 5.41) is 6.64. The minimum atomic E-state index is -3.15. The molecule has 9 nitrogen and oxygen atoms in total. The Kier molecular flexibility index (Phi) is 4.51. The molecular weight excluding hydrogens is 375 g/mol. The summed E-state index contributed by atoms with van der Waals surface area (Å²) in [5.74, 6) is 0.524. The predicted molar refractivity (Wildman–Crippen MR) is 94.1 cm³/mol. The second-order valence-corrected chi connectivity index (χ2v) is 5.83. The molecule has 0 saturated heterocycles. The van der Waals surface area contributed by atoms with E-state index in [-0.39, 0.29) is 18.4 Å². The van der Waals surface area contributed by atoms with E-state index in [1.807, 2.05) is 16.5 Å². The Morgan fingerprint density at radius 1 is 1.11 bits per heavy atom. The lowest BCUT2D eigenvalue weighted by Gasteiger charge is -2.08. The topological polar surface area (TPSA) is 112 Å². The number of hydrogen-bond donors (Lipinski definition) is 2. The molecule has 1 unspecified atom stereocenters. The van der Waals surface area contributed by atoms with Gasteiger partial charge in [0.2, 0.25) is 11.9 Å². The molecule has 4 heterocycles. The second kappa shape index (κ2) is 7.13. The fourth-order valence-electron chi connectivity index (χ4n) is 2.55. The van der Waals surface area contributed by atoms with Gasteiger partial charge in [-0.3, -0.25) is 0 Å². The van der Waals surface area contributed by atoms with Crippen molar-refractivity contribution in [2.75, 3.05) is 11.1 Å². The van der Waals surface area contributed by atoms with Crippen LogP contribution in [0.1, 0.15) is 12.0 Å². The van der Waals surface area contributed by atoms with E-state index in [2.05, 4.69) is 30.4 Å². The summed E-state index contributed by atoms with van der Waals surface area (Å²) in [4.78, 5) is 16.5. The molecule has 0 fully saturated rings. The lowest BCUT2D eigenvalue weighted by molar-refractivity contribution is 0.000581. The van der Waals surface area contributed by atoms with Gasteiger partial charge in [0.1, 0.15) is 0 Å². The summed E-state index contributed by atoms with van der Waals surface area (Å²) in [6.07, 6.45) is 0.658. The molecule has 0 aliphatic heterocycles. The number of nitrogen functional groups attached to an aromatic ring is 1. The van der Waals surface area contributed by atoms with Crippen LogP contribution in [0.3, 0.4) is 0 Å². The number of nitrogens with two attached hydrogens (primary N) is 1. The molecule has 4 aromatic rings. The van der Waals surface area contributed by atoms with E-state index in [1.165, 1.54) is 6.07 Å². The van der Waals surface area contributed by atoms with Gasteiger partial charge in [-0.05, 0) is 18.2 Å². The van der Waals surface area contributed by atoms with Gasteiger partial charge in [-0.2, -0.15) is 20.1 Å². The quantitative estimate of drug-likeness (QED) is 0.520. The van der Waals surface area contributed by atoms with Gasteiger partial charge in [0.05, 0.1) is 30.3 Å². The number of fused-ring (bicyclic) bond motifs is 1. The van der Waals surface area contributed by atoms with Gasteiger partial charge in [-0.25, -0.2) is 22.8 Å². The van der Waals surface area contributed by atoms with Crippen LogP contribution in [0.4, 0.5) is 25.1 Å². The predicted octanol–water partition coefficient (Wildman–Crippen LogP) is 2.31. The zero-order valence-electron chi connectivity index (χ0n) is 14.2. The van der Waals surface area contributed by atoms with Crippen LogP contribution >= 0.6 is 0 Å². The average molecular weight is 389 g/mol. The van der Waals surface area contributed by atoms with Gasteiger partial charge in [-0.15, -0.1) is 0 Å². The fourth-order valence-corrected chi connectivity index (χ4v) is 2.55. The first-order valence-corrected chi connectivity index (χ1v) is 8.13. The maximum absolute atomic E-state index is 13.3. The number of hydrogen-bond acceptors (Lipinski definition) is 7. The van der Waals surface area contributed by atoms with Crippen molar-refractivity contribution in [2.45, 2.75) is 19.3 Å². The van der Waals surface area contributed by atoms with Crippen molar-refractivity contribution < 1.29 is 13.2 Å². The Labute approximate surface area is 156 Å². The largest absolute Gasteiger partial charge is 0.368 e. The second-order valence-electron chi connectivity index (χ2n) is 5.83. The van der Waals surface area contributed by atoms with Crippen LogP contribution in [0.2, 0.25) is 0 Å². The Hall–Kier alpha value is -3.70. The van der Waals surface area contributed by atoms with Crippen LogP contribution in [0.15, 0.2) is 43.1 Å². The van der Waals surface area contributed by atoms with Crippen molar-refractivity contribution in [1.82, 2.24) is 34.1 Å². The molecule has 0 aliphatic rings. The lowest BCUT2D eigenvalue weighted by atomic mass is 10.2. The van der Waals surface area contributed by atoms with E-state index >= 15 is 0 Å². The van der Waals surface area contributed by atoms with Crippen LogP contribution in [0, 0.1) is 0 Å². The summed E-state index contributed by atoms with van der Waals surface area (Å²) < 4.78 is 40.5. The molecule has 0 saturated carbocycles. The van der Waals surface area contributed by atoms with Crippen molar-refractivity contribution in [3.05, 3.63) is 48.8 Å². The van der Waals surface area contributed by atoms with Gasteiger partial charge in [0, 0.05) is 18.0 Å². The van der Waals surface area contributed by atoms with Crippen molar-refractivity contribution in [1.29, 1.82) is 0 Å². The van der Waals surface area contributed by atoms with E-state index in [0.717, 1.165) is 11.7 Å². The number of aromatic nitrogens is 7. The molecular formula is C16H14F3N9. The third-order valence-corrected chi connectivity index (χ3v) is 3.87. The number of alkyl halides is 3. The summed E-state index contributed by atoms with van der Waals surface area (Å²) in [5.41, 5.74) is 7.71. The van der Waals surface area contributed by atoms with Gasteiger partial charge in [0.25, 0.3) is 12.7 Å². The average Bonchev–Trinajstić information content (AvgIpc) is 3.34. The number of rotatable bonds is 6. The summed E-state index contributed by atoms with van der Waals surface area (Å²) in [7, 11) is 0. The zero-order chi connectivity index (χ0) is 19.7. The van der Waals surface area contributed by atoms with Crippen LogP contribution < -0.4 is 11.1 Å². The molecule has 1 atom stereocenters. The fraction of sp³-hybridized carbons (Fsp3) is 0.188. The maximum atomic E-state index is 13.3. The summed E-state index contributed by atoms with van der Waals surface area (Å²) in [6.45, 7) is 0.0897. The van der Waals surface area contributed by atoms with E-state index in [0.29, 0.717) is 21.8 Å². The summed E-state index contributed by atoms with van der Waals surface area (Å²) >= 11 is 0. The van der Waals surface area contributed by atoms with E-state index in [4.69, 9.17) is 5.73 Å². The van der Waals surface area contributed by atoms with Gasteiger partial charge < -0.3 is 15.5 Å². The van der Waals surface area contributed by atoms with Crippen LogP contribution in [0.5, 0.6) is 0 Å². The molecule has 4 aromatic heterocycles. The number of halogens is 3. The maximum Gasteiger partial charge on any atom is 0.289 e. The van der Waals surface area contributed by atoms with Crippen molar-refractivity contribution in [3.63, 3.8) is 0 Å². The minimum Gasteiger partial charge on any atom is -0.368 e. The molecule has 0 aromatic carbocycles. The smallest absolute Gasteiger partial charge is 0.289 e. The van der Waals surface area contributed by atoms with E-state index in [1.54, 1.807) is 18.7 Å². The van der Waals surface area contributed by atoms with Crippen LogP contribution in [-0.2, 0) is 6.54 Å². The first-order valence-electron chi connectivity index (χ1n) is 8.13. The van der Waals surface area contributed by atoms with Crippen molar-refractivity contribution in [2.24, 2.45) is 0 Å². The van der Waals surface area contributed by atoms with E-state index < -0.39 is 12.7 Å². The minimum absolute atomic E-state index is 0.00489. The highest BCUT2D eigenvalue weighted by atomic mass is 19.3. The first kappa shape index (κ1) is 17.7. The highest BCUT2D eigenvalue weighted by Crippen LogP contribution is 2.19. The molecule has 0 radical (unpaired) electrons. The zero-order valence-corrected chi connectivity index (χ0v) is 14.2. The van der Waals surface area contributed by atoms with Crippen LogP contribution in [0.25, 0.3) is 16.9 Å². The Bertz CT molecular complexity index is 1110. The number of nitrogens with one attached hydrogen (secondary N) is 1. The van der Waals surface area contributed by atoms with Gasteiger partial charge in [0.15, 0.2) is 5.82 Å². The normalized spacial score (nSPS) is 12.6. The first-order chi connectivity index (χ1) is 13.5. The monoisotopic (exact) mass is 389 g/mol. The SMILES string of the molecule is Nc1nc(NCc2ccn(C(F)C(F)F)n2)nc(-c2ccc3cncn3c2)n1. The third-order valence-electron chi connectivity index (χ3n) is 3.87. The van der Waals surface area contributed by atoms with Crippen molar-refractivity contribution in [3.8, 4) is 11.4 Å². The summed E-state index contributed by atoms with van der Waals surface area (Å²) in [6, 6.07) is 5.10. The molecule has 144 valence electrons. The van der Waals surface area contributed by atoms with E-state index in [9.17, 15) is 13.2 Å². The molecule has 0 spiro atoms. The Balaban J connectivity index is 1.52. The molecule has 28 heavy (non-hydrogen) atoms. The Morgan fingerprint density at radius 2 is 1.96 bits per heavy atom. The number of pyridine rings is 1. The molecule has 4 rings (SSSR count). The van der Waals surface area contributed by atoms with Crippen LogP contribution in [-0.4, -0.2) is 40.5 Å². The molecule has 0 bridgehead atoms. The highest BCUT2D eigenvalue weighted by molar-refractivity contribution is 5.60. The highest BCUT2D eigenvalue weighted by Gasteiger charge is 2.21. The molecule has 12 heteroatoms. The van der Waals surface area contributed by atoms with Crippen molar-refractivity contribution >= 4 is 17.4 Å². The Morgan fingerprint density at radius 3 is 2.79 bits per heavy atom.